The Morgan fingerprint density at radius 3 is 2.56 bits per heavy atom. The van der Waals surface area contributed by atoms with Crippen LogP contribution in [-0.2, 0) is 9.59 Å². The van der Waals surface area contributed by atoms with E-state index in [0.29, 0.717) is 56.1 Å². The summed E-state index contributed by atoms with van der Waals surface area (Å²) < 4.78 is 37.5. The van der Waals surface area contributed by atoms with Gasteiger partial charge < -0.3 is 20.3 Å². The first-order valence-electron chi connectivity index (χ1n) is 14.9. The molecular weight excluding hydrogens is 526 g/mol. The van der Waals surface area contributed by atoms with Crippen molar-refractivity contribution in [2.75, 3.05) is 32.8 Å². The molecule has 2 N–H and O–H groups in total. The number of likely N-dealkylation sites (tertiary alicyclic amines) is 2. The van der Waals surface area contributed by atoms with Crippen molar-refractivity contribution >= 4 is 17.4 Å². The molecule has 0 radical (unpaired) electrons. The van der Waals surface area contributed by atoms with Gasteiger partial charge in [-0.05, 0) is 81.6 Å². The van der Waals surface area contributed by atoms with Crippen LogP contribution < -0.4 is 10.5 Å². The number of allylic oxidation sites excluding steroid dienone is 3. The Morgan fingerprint density at radius 1 is 1.17 bits per heavy atom. The van der Waals surface area contributed by atoms with Crippen molar-refractivity contribution in [2.45, 2.75) is 82.6 Å². The Hall–Kier alpha value is -3.25. The van der Waals surface area contributed by atoms with Crippen molar-refractivity contribution in [3.05, 3.63) is 47.6 Å². The first-order chi connectivity index (χ1) is 19.6. The minimum Gasteiger partial charge on any atom is -0.492 e. The number of hydrogen-bond acceptors (Lipinski definition) is 5. The van der Waals surface area contributed by atoms with Gasteiger partial charge in [-0.2, -0.15) is 5.26 Å². The number of nitrogens with two attached hydrogens (primary N) is 1. The van der Waals surface area contributed by atoms with E-state index < -0.39 is 29.2 Å². The van der Waals surface area contributed by atoms with Crippen LogP contribution >= 0.6 is 0 Å². The third-order valence-electron chi connectivity index (χ3n) is 9.02. The van der Waals surface area contributed by atoms with Gasteiger partial charge in [0.15, 0.2) is 0 Å². The minimum absolute atomic E-state index is 0.150. The molecule has 41 heavy (non-hydrogen) atoms. The number of halogens is 2. The first kappa shape index (κ1) is 30.7. The summed E-state index contributed by atoms with van der Waals surface area (Å²) in [7, 11) is 0. The zero-order chi connectivity index (χ0) is 29.6. The zero-order valence-electron chi connectivity index (χ0n) is 24.2. The summed E-state index contributed by atoms with van der Waals surface area (Å²) >= 11 is 0. The summed E-state index contributed by atoms with van der Waals surface area (Å²) in [5.74, 6) is -0.703. The largest absolute Gasteiger partial charge is 0.492 e. The molecule has 2 heterocycles. The van der Waals surface area contributed by atoms with Crippen LogP contribution in [-0.4, -0.2) is 71.8 Å². The number of amides is 2. The van der Waals surface area contributed by atoms with Gasteiger partial charge in [-0.1, -0.05) is 38.1 Å². The summed E-state index contributed by atoms with van der Waals surface area (Å²) in [6, 6.07) is 6.20. The second kappa shape index (κ2) is 13.2. The lowest BCUT2D eigenvalue weighted by Crippen LogP contribution is -2.56. The van der Waals surface area contributed by atoms with E-state index in [-0.39, 0.29) is 24.1 Å². The Bertz CT molecular complexity index is 1210. The van der Waals surface area contributed by atoms with Gasteiger partial charge in [-0.25, -0.2) is 8.78 Å². The molecule has 0 bridgehead atoms. The van der Waals surface area contributed by atoms with Gasteiger partial charge in [-0.3, -0.25) is 9.59 Å². The maximum absolute atomic E-state index is 16.6. The number of nitriles is 1. The Morgan fingerprint density at radius 2 is 1.90 bits per heavy atom. The molecule has 1 unspecified atom stereocenters. The lowest BCUT2D eigenvalue weighted by atomic mass is 9.81. The van der Waals surface area contributed by atoms with Gasteiger partial charge in [0.25, 0.3) is 5.91 Å². The number of rotatable bonds is 10. The van der Waals surface area contributed by atoms with Crippen LogP contribution in [0.3, 0.4) is 0 Å². The van der Waals surface area contributed by atoms with E-state index in [4.69, 9.17) is 10.5 Å². The van der Waals surface area contributed by atoms with Gasteiger partial charge in [0, 0.05) is 25.1 Å². The fraction of sp³-hybridized carbons (Fsp3) is 0.594. The molecule has 7 nitrogen and oxygen atoms in total. The molecule has 3 aliphatic rings. The molecule has 4 rings (SSSR count). The van der Waals surface area contributed by atoms with Crippen molar-refractivity contribution in [1.29, 1.82) is 5.26 Å². The Labute approximate surface area is 242 Å². The van der Waals surface area contributed by atoms with E-state index in [1.54, 1.807) is 36.4 Å². The van der Waals surface area contributed by atoms with Crippen molar-refractivity contribution in [3.63, 3.8) is 0 Å². The number of ether oxygens (including phenoxy) is 1. The second-order valence-electron chi connectivity index (χ2n) is 11.6. The molecule has 0 aromatic heterocycles. The molecule has 0 saturated carbocycles. The summed E-state index contributed by atoms with van der Waals surface area (Å²) in [6.45, 7) is 6.57. The number of alkyl halides is 2. The highest BCUT2D eigenvalue weighted by Crippen LogP contribution is 2.41. The van der Waals surface area contributed by atoms with Gasteiger partial charge >= 0.3 is 0 Å². The summed E-state index contributed by atoms with van der Waals surface area (Å²) in [5.41, 5.74) is 2.84. The molecule has 1 aromatic carbocycles. The standard InChI is InChI=1S/C32H42F2N4O3/c1-3-31(33,4-2)22-37-17-13-23(14-18-37)21-41-28-12-11-24(19-25(28)20-35)26-9-5-7-15-32(26,34)30(40)38-16-8-6-10-27(38)29(36)39/h5,7,9,11-12,19,23,27H,3-4,6,8,10,13-18,21-22H2,1-2H3,(H2,36,39)/t27-,32?/m1/s1. The average Bonchev–Trinajstić information content (AvgIpc) is 3.00. The normalized spacial score (nSPS) is 24.0. The molecule has 1 aromatic rings. The van der Waals surface area contributed by atoms with Crippen LogP contribution in [0.4, 0.5) is 8.78 Å². The molecule has 222 valence electrons. The fourth-order valence-corrected chi connectivity index (χ4v) is 6.17. The molecule has 2 aliphatic heterocycles. The lowest BCUT2D eigenvalue weighted by Gasteiger charge is -2.39. The zero-order valence-corrected chi connectivity index (χ0v) is 24.2. The number of carbonyl (C=O) groups is 2. The van der Waals surface area contributed by atoms with E-state index in [2.05, 4.69) is 11.0 Å². The van der Waals surface area contributed by atoms with E-state index in [9.17, 15) is 19.2 Å². The summed E-state index contributed by atoms with van der Waals surface area (Å²) in [6.07, 6.45) is 9.32. The highest BCUT2D eigenvalue weighted by Gasteiger charge is 2.48. The van der Waals surface area contributed by atoms with Gasteiger partial charge in [0.05, 0.1) is 12.2 Å². The minimum atomic E-state index is -2.38. The molecular formula is C32H42F2N4O3. The summed E-state index contributed by atoms with van der Waals surface area (Å²) in [4.78, 5) is 29.0. The van der Waals surface area contributed by atoms with E-state index >= 15 is 4.39 Å². The topological polar surface area (TPSA) is 99.7 Å². The first-order valence-corrected chi connectivity index (χ1v) is 14.9. The molecule has 2 saturated heterocycles. The predicted molar refractivity (Wildman–Crippen MR) is 154 cm³/mol. The molecule has 1 aliphatic carbocycles. The van der Waals surface area contributed by atoms with Crippen LogP contribution in [0.15, 0.2) is 36.4 Å². The van der Waals surface area contributed by atoms with Crippen molar-refractivity contribution < 1.29 is 23.1 Å². The van der Waals surface area contributed by atoms with E-state index in [1.807, 2.05) is 13.8 Å². The fourth-order valence-electron chi connectivity index (χ4n) is 6.17. The number of carbonyl (C=O) groups excluding carboxylic acids is 2. The number of primary amides is 1. The average molecular weight is 569 g/mol. The monoisotopic (exact) mass is 568 g/mol. The number of nitrogens with zero attached hydrogens (tertiary/aromatic N) is 3. The molecule has 2 fully saturated rings. The highest BCUT2D eigenvalue weighted by molar-refractivity contribution is 6.02. The predicted octanol–water partition coefficient (Wildman–Crippen LogP) is 5.10. The SMILES string of the molecule is CCC(F)(CC)CN1CCC(COc2ccc(C3=CC=CCC3(F)C(=O)N3CCCC[C@@H]3C(N)=O)cc2C#N)CC1. The van der Waals surface area contributed by atoms with Gasteiger partial charge in [0.1, 0.15) is 23.5 Å². The van der Waals surface area contributed by atoms with E-state index in [1.165, 1.54) is 4.90 Å². The second-order valence-corrected chi connectivity index (χ2v) is 11.6. The maximum atomic E-state index is 16.6. The van der Waals surface area contributed by atoms with Gasteiger partial charge in [0.2, 0.25) is 11.6 Å². The third-order valence-corrected chi connectivity index (χ3v) is 9.02. The number of hydrogen-bond donors (Lipinski definition) is 1. The smallest absolute Gasteiger partial charge is 0.265 e. The molecule has 2 atom stereocenters. The number of piperidine rings is 2. The highest BCUT2D eigenvalue weighted by atomic mass is 19.1. The van der Waals surface area contributed by atoms with Crippen LogP contribution in [0.1, 0.15) is 76.3 Å². The van der Waals surface area contributed by atoms with E-state index in [0.717, 1.165) is 32.4 Å². The maximum Gasteiger partial charge on any atom is 0.265 e. The summed E-state index contributed by atoms with van der Waals surface area (Å²) in [5, 5.41) is 9.88. The van der Waals surface area contributed by atoms with Crippen LogP contribution in [0.2, 0.25) is 0 Å². The third kappa shape index (κ3) is 6.81. The quantitative estimate of drug-likeness (QED) is 0.424. The Kier molecular flexibility index (Phi) is 9.85. The van der Waals surface area contributed by atoms with Crippen LogP contribution in [0.25, 0.3) is 5.57 Å². The lowest BCUT2D eigenvalue weighted by molar-refractivity contribution is -0.148. The van der Waals surface area contributed by atoms with Gasteiger partial charge in [-0.15, -0.1) is 0 Å². The Balaban J connectivity index is 1.44. The van der Waals surface area contributed by atoms with Crippen molar-refractivity contribution in [1.82, 2.24) is 9.80 Å². The van der Waals surface area contributed by atoms with Crippen molar-refractivity contribution in [3.8, 4) is 11.8 Å². The van der Waals surface area contributed by atoms with Crippen LogP contribution in [0, 0.1) is 17.2 Å². The van der Waals surface area contributed by atoms with Crippen LogP contribution in [0.5, 0.6) is 5.75 Å². The molecule has 2 amide bonds. The number of benzene rings is 1. The van der Waals surface area contributed by atoms with Crippen molar-refractivity contribution in [2.24, 2.45) is 11.7 Å². The molecule has 0 spiro atoms. The molecule has 9 heteroatoms.